The smallest absolute Gasteiger partial charge is 0.261 e. The third kappa shape index (κ3) is 3.26. The number of amides is 1. The van der Waals surface area contributed by atoms with Crippen LogP contribution in [-0.2, 0) is 0 Å². The molecule has 17 heavy (non-hydrogen) atoms. The van der Waals surface area contributed by atoms with Crippen molar-refractivity contribution in [1.29, 1.82) is 0 Å². The Hall–Kier alpha value is -1.43. The van der Waals surface area contributed by atoms with Crippen molar-refractivity contribution in [3.63, 3.8) is 0 Å². The number of carbonyl (C=O) groups is 1. The molecule has 1 aromatic heterocycles. The highest BCUT2D eigenvalue weighted by molar-refractivity contribution is 7.19. The van der Waals surface area contributed by atoms with E-state index in [1.807, 2.05) is 0 Å². The van der Waals surface area contributed by atoms with E-state index in [-0.39, 0.29) is 0 Å². The van der Waals surface area contributed by atoms with Gasteiger partial charge in [0.1, 0.15) is 15.6 Å². The first-order valence-corrected chi connectivity index (χ1v) is 6.43. The average molecular weight is 257 g/mol. The lowest BCUT2D eigenvalue weighted by Gasteiger charge is -2.06. The molecule has 0 fully saturated rings. The fourth-order valence-electron chi connectivity index (χ4n) is 1.51. The Morgan fingerprint density at radius 2 is 2.18 bits per heavy atom. The first-order chi connectivity index (χ1) is 8.11. The van der Waals surface area contributed by atoms with Crippen LogP contribution in [0, 0.1) is 0 Å². The standard InChI is InChI=1S/C11H19N3O2S/c1-3-4-5-6-14-11-8(16-2)7(12)9(17-11)10(13)15/h14H,3-6,12H2,1-2H3,(H2,13,15). The van der Waals surface area contributed by atoms with Gasteiger partial charge in [-0.05, 0) is 6.42 Å². The molecule has 0 bridgehead atoms. The zero-order chi connectivity index (χ0) is 12.8. The molecule has 0 radical (unpaired) electrons. The Morgan fingerprint density at radius 1 is 1.47 bits per heavy atom. The predicted molar refractivity (Wildman–Crippen MR) is 71.8 cm³/mol. The van der Waals surface area contributed by atoms with Crippen molar-refractivity contribution in [2.24, 2.45) is 5.73 Å². The molecule has 96 valence electrons. The average Bonchev–Trinajstić information content (AvgIpc) is 2.61. The highest BCUT2D eigenvalue weighted by Crippen LogP contribution is 2.42. The van der Waals surface area contributed by atoms with Crippen LogP contribution in [0.3, 0.4) is 0 Å². The predicted octanol–water partition coefficient (Wildman–Crippen LogP) is 2.04. The van der Waals surface area contributed by atoms with E-state index < -0.39 is 5.91 Å². The van der Waals surface area contributed by atoms with E-state index in [2.05, 4.69) is 12.2 Å². The number of hydrogen-bond donors (Lipinski definition) is 3. The molecule has 5 nitrogen and oxygen atoms in total. The Bertz CT molecular complexity index is 390. The Morgan fingerprint density at radius 3 is 2.71 bits per heavy atom. The molecule has 0 aliphatic rings. The minimum atomic E-state index is -0.521. The maximum atomic E-state index is 11.1. The molecule has 1 aromatic rings. The van der Waals surface area contributed by atoms with Crippen molar-refractivity contribution in [3.05, 3.63) is 4.88 Å². The molecular weight excluding hydrogens is 238 g/mol. The zero-order valence-corrected chi connectivity index (χ0v) is 11.0. The molecule has 1 heterocycles. The van der Waals surface area contributed by atoms with Crippen molar-refractivity contribution in [2.45, 2.75) is 26.2 Å². The van der Waals surface area contributed by atoms with Crippen LogP contribution in [0.5, 0.6) is 5.75 Å². The number of nitrogens with one attached hydrogen (secondary N) is 1. The third-order valence-electron chi connectivity index (χ3n) is 2.39. The maximum Gasteiger partial charge on any atom is 0.261 e. The van der Waals surface area contributed by atoms with Crippen molar-refractivity contribution < 1.29 is 9.53 Å². The van der Waals surface area contributed by atoms with Gasteiger partial charge in [0.2, 0.25) is 0 Å². The summed E-state index contributed by atoms with van der Waals surface area (Å²) in [5.74, 6) is -0.00675. The molecule has 0 aliphatic carbocycles. The molecule has 0 saturated heterocycles. The lowest BCUT2D eigenvalue weighted by atomic mass is 10.2. The van der Waals surface area contributed by atoms with Gasteiger partial charge in [-0.1, -0.05) is 19.8 Å². The number of primary amides is 1. The number of rotatable bonds is 7. The number of hydrogen-bond acceptors (Lipinski definition) is 5. The second kappa shape index (κ2) is 6.34. The number of anilines is 2. The summed E-state index contributed by atoms with van der Waals surface area (Å²) in [7, 11) is 1.53. The van der Waals surface area contributed by atoms with Crippen LogP contribution in [0.1, 0.15) is 35.9 Å². The van der Waals surface area contributed by atoms with Gasteiger partial charge < -0.3 is 21.5 Å². The van der Waals surface area contributed by atoms with E-state index >= 15 is 0 Å². The lowest BCUT2D eigenvalue weighted by Crippen LogP contribution is -2.10. The van der Waals surface area contributed by atoms with Crippen molar-refractivity contribution in [1.82, 2.24) is 0 Å². The van der Waals surface area contributed by atoms with Crippen LogP contribution in [-0.4, -0.2) is 19.6 Å². The van der Waals surface area contributed by atoms with Crippen molar-refractivity contribution >= 4 is 27.9 Å². The largest absolute Gasteiger partial charge is 0.492 e. The second-order valence-corrected chi connectivity index (χ2v) is 4.73. The Labute approximate surface area is 105 Å². The number of thiophene rings is 1. The summed E-state index contributed by atoms with van der Waals surface area (Å²) in [6.07, 6.45) is 3.40. The molecule has 0 aliphatic heterocycles. The van der Waals surface area contributed by atoms with Crippen LogP contribution in [0.25, 0.3) is 0 Å². The van der Waals surface area contributed by atoms with Gasteiger partial charge >= 0.3 is 0 Å². The quantitative estimate of drug-likeness (QED) is 0.652. The molecule has 0 saturated carbocycles. The molecule has 1 rings (SSSR count). The molecule has 6 heteroatoms. The number of nitrogens with two attached hydrogens (primary N) is 2. The monoisotopic (exact) mass is 257 g/mol. The summed E-state index contributed by atoms with van der Waals surface area (Å²) in [5, 5.41) is 3.99. The van der Waals surface area contributed by atoms with E-state index in [4.69, 9.17) is 16.2 Å². The van der Waals surface area contributed by atoms with Gasteiger partial charge in [-0.3, -0.25) is 4.79 Å². The molecule has 0 unspecified atom stereocenters. The number of carbonyl (C=O) groups excluding carboxylic acids is 1. The fourth-order valence-corrected chi connectivity index (χ4v) is 2.48. The van der Waals surface area contributed by atoms with Crippen LogP contribution in [0.4, 0.5) is 10.7 Å². The van der Waals surface area contributed by atoms with Crippen molar-refractivity contribution in [3.8, 4) is 5.75 Å². The molecule has 5 N–H and O–H groups in total. The molecule has 0 spiro atoms. The highest BCUT2D eigenvalue weighted by atomic mass is 32.1. The van der Waals surface area contributed by atoms with Crippen LogP contribution < -0.4 is 21.5 Å². The van der Waals surface area contributed by atoms with Gasteiger partial charge in [0.15, 0.2) is 5.75 Å². The summed E-state index contributed by atoms with van der Waals surface area (Å²) in [6.45, 7) is 2.98. The molecule has 0 aromatic carbocycles. The first-order valence-electron chi connectivity index (χ1n) is 5.61. The number of unbranched alkanes of at least 4 members (excludes halogenated alkanes) is 2. The van der Waals surface area contributed by atoms with E-state index in [0.29, 0.717) is 16.3 Å². The summed E-state index contributed by atoms with van der Waals surface area (Å²) < 4.78 is 5.18. The highest BCUT2D eigenvalue weighted by Gasteiger charge is 2.19. The molecule has 1 amide bonds. The second-order valence-electron chi connectivity index (χ2n) is 3.71. The van der Waals surface area contributed by atoms with Gasteiger partial charge in [-0.15, -0.1) is 11.3 Å². The van der Waals surface area contributed by atoms with Gasteiger partial charge in [-0.25, -0.2) is 0 Å². The SMILES string of the molecule is CCCCCNc1sc(C(N)=O)c(N)c1OC. The van der Waals surface area contributed by atoms with Gasteiger partial charge in [0.25, 0.3) is 5.91 Å². The normalized spacial score (nSPS) is 10.2. The van der Waals surface area contributed by atoms with Gasteiger partial charge in [0, 0.05) is 6.54 Å². The Balaban J connectivity index is 2.77. The topological polar surface area (TPSA) is 90.4 Å². The van der Waals surface area contributed by atoms with E-state index in [9.17, 15) is 4.79 Å². The number of nitrogen functional groups attached to an aromatic ring is 1. The summed E-state index contributed by atoms with van der Waals surface area (Å²) in [6, 6.07) is 0. The Kier molecular flexibility index (Phi) is 5.09. The van der Waals surface area contributed by atoms with Crippen LogP contribution in [0.2, 0.25) is 0 Å². The van der Waals surface area contributed by atoms with E-state index in [0.717, 1.165) is 24.4 Å². The first kappa shape index (κ1) is 13.6. The van der Waals surface area contributed by atoms with Crippen LogP contribution in [0.15, 0.2) is 0 Å². The van der Waals surface area contributed by atoms with E-state index in [1.165, 1.54) is 24.9 Å². The van der Waals surface area contributed by atoms with Gasteiger partial charge in [0.05, 0.1) is 7.11 Å². The lowest BCUT2D eigenvalue weighted by molar-refractivity contribution is 0.100. The number of methoxy groups -OCH3 is 1. The van der Waals surface area contributed by atoms with Gasteiger partial charge in [-0.2, -0.15) is 0 Å². The van der Waals surface area contributed by atoms with E-state index in [1.54, 1.807) is 0 Å². The van der Waals surface area contributed by atoms with Crippen LogP contribution >= 0.6 is 11.3 Å². The summed E-state index contributed by atoms with van der Waals surface area (Å²) in [4.78, 5) is 11.5. The molecule has 0 atom stereocenters. The molecular formula is C11H19N3O2S. The number of ether oxygens (including phenoxy) is 1. The maximum absolute atomic E-state index is 11.1. The summed E-state index contributed by atoms with van der Waals surface area (Å²) >= 11 is 1.24. The minimum Gasteiger partial charge on any atom is -0.492 e. The minimum absolute atomic E-state index is 0.322. The zero-order valence-electron chi connectivity index (χ0n) is 10.2. The summed E-state index contributed by atoms with van der Waals surface area (Å²) in [5.41, 5.74) is 11.3. The van der Waals surface area contributed by atoms with Crippen molar-refractivity contribution in [2.75, 3.05) is 24.7 Å². The fraction of sp³-hybridized carbons (Fsp3) is 0.545. The third-order valence-corrected chi connectivity index (χ3v) is 3.55.